The summed E-state index contributed by atoms with van der Waals surface area (Å²) < 4.78 is 13.3. The average Bonchev–Trinajstić information content (AvgIpc) is 2.21. The predicted molar refractivity (Wildman–Crippen MR) is 55.3 cm³/mol. The van der Waals surface area contributed by atoms with Gasteiger partial charge in [0.05, 0.1) is 6.61 Å². The zero-order valence-electron chi connectivity index (χ0n) is 8.80. The quantitative estimate of drug-likeness (QED) is 0.788. The molecular weight excluding hydrogens is 197 g/mol. The van der Waals surface area contributed by atoms with Crippen LogP contribution in [0.25, 0.3) is 0 Å². The highest BCUT2D eigenvalue weighted by molar-refractivity contribution is 5.94. The largest absolute Gasteiger partial charge is 0.395 e. The van der Waals surface area contributed by atoms with Gasteiger partial charge in [-0.05, 0) is 37.1 Å². The Kier molecular flexibility index (Phi) is 3.80. The molecule has 4 heteroatoms. The molecule has 0 spiro atoms. The van der Waals surface area contributed by atoms with E-state index in [4.69, 9.17) is 5.11 Å². The summed E-state index contributed by atoms with van der Waals surface area (Å²) in [5, 5.41) is 11.1. The molecule has 0 aromatic heterocycles. The molecule has 82 valence electrons. The van der Waals surface area contributed by atoms with Gasteiger partial charge < -0.3 is 10.4 Å². The van der Waals surface area contributed by atoms with Gasteiger partial charge >= 0.3 is 0 Å². The van der Waals surface area contributed by atoms with Crippen molar-refractivity contribution in [1.29, 1.82) is 0 Å². The SMILES string of the molecule is Cc1cc(C(=O)NCCO)cc(C)c1F. The minimum Gasteiger partial charge on any atom is -0.395 e. The molecule has 0 unspecified atom stereocenters. The van der Waals surface area contributed by atoms with Crippen LogP contribution in [0.4, 0.5) is 4.39 Å². The second kappa shape index (κ2) is 4.89. The maximum atomic E-state index is 13.3. The van der Waals surface area contributed by atoms with Crippen LogP contribution in [-0.4, -0.2) is 24.2 Å². The number of aliphatic hydroxyl groups is 1. The Morgan fingerprint density at radius 2 is 1.93 bits per heavy atom. The molecule has 0 fully saturated rings. The van der Waals surface area contributed by atoms with Crippen LogP contribution in [-0.2, 0) is 0 Å². The summed E-state index contributed by atoms with van der Waals surface area (Å²) in [7, 11) is 0. The van der Waals surface area contributed by atoms with E-state index in [0.29, 0.717) is 16.7 Å². The van der Waals surface area contributed by atoms with Gasteiger partial charge in [-0.3, -0.25) is 4.79 Å². The minimum atomic E-state index is -0.296. The Morgan fingerprint density at radius 1 is 1.40 bits per heavy atom. The third-order valence-corrected chi connectivity index (χ3v) is 2.10. The van der Waals surface area contributed by atoms with Gasteiger partial charge in [-0.25, -0.2) is 4.39 Å². The number of hydrogen-bond donors (Lipinski definition) is 2. The highest BCUT2D eigenvalue weighted by Gasteiger charge is 2.09. The van der Waals surface area contributed by atoms with Crippen molar-refractivity contribution in [3.05, 3.63) is 34.6 Å². The zero-order valence-corrected chi connectivity index (χ0v) is 8.80. The molecule has 0 bridgehead atoms. The lowest BCUT2D eigenvalue weighted by Gasteiger charge is -2.07. The number of rotatable bonds is 3. The first-order valence-corrected chi connectivity index (χ1v) is 4.72. The monoisotopic (exact) mass is 211 g/mol. The fourth-order valence-electron chi connectivity index (χ4n) is 1.35. The first kappa shape index (κ1) is 11.7. The van der Waals surface area contributed by atoms with Crippen molar-refractivity contribution in [2.24, 2.45) is 0 Å². The van der Waals surface area contributed by atoms with E-state index >= 15 is 0 Å². The van der Waals surface area contributed by atoms with Crippen molar-refractivity contribution < 1.29 is 14.3 Å². The summed E-state index contributed by atoms with van der Waals surface area (Å²) in [6.07, 6.45) is 0. The molecule has 0 saturated carbocycles. The van der Waals surface area contributed by atoms with Crippen LogP contribution >= 0.6 is 0 Å². The van der Waals surface area contributed by atoms with E-state index in [-0.39, 0.29) is 24.9 Å². The van der Waals surface area contributed by atoms with Crippen molar-refractivity contribution in [3.63, 3.8) is 0 Å². The first-order chi connectivity index (χ1) is 7.06. The van der Waals surface area contributed by atoms with E-state index in [1.54, 1.807) is 13.8 Å². The molecule has 3 nitrogen and oxygen atoms in total. The lowest BCUT2D eigenvalue weighted by Crippen LogP contribution is -2.26. The van der Waals surface area contributed by atoms with Crippen LogP contribution in [0.2, 0.25) is 0 Å². The number of hydrogen-bond acceptors (Lipinski definition) is 2. The molecule has 15 heavy (non-hydrogen) atoms. The molecule has 1 rings (SSSR count). The van der Waals surface area contributed by atoms with Crippen LogP contribution in [0.15, 0.2) is 12.1 Å². The Bertz CT molecular complexity index is 354. The molecule has 0 aliphatic heterocycles. The third kappa shape index (κ3) is 2.76. The normalized spacial score (nSPS) is 10.1. The molecular formula is C11H14FNO2. The van der Waals surface area contributed by atoms with Crippen molar-refractivity contribution >= 4 is 5.91 Å². The lowest BCUT2D eigenvalue weighted by atomic mass is 10.1. The molecule has 0 aliphatic carbocycles. The highest BCUT2D eigenvalue weighted by Crippen LogP contribution is 2.14. The molecule has 0 heterocycles. The number of benzene rings is 1. The van der Waals surface area contributed by atoms with Crippen LogP contribution in [0.3, 0.4) is 0 Å². The molecule has 0 aliphatic rings. The van der Waals surface area contributed by atoms with Crippen molar-refractivity contribution in [1.82, 2.24) is 5.32 Å². The maximum absolute atomic E-state index is 13.3. The van der Waals surface area contributed by atoms with E-state index in [9.17, 15) is 9.18 Å². The van der Waals surface area contributed by atoms with E-state index in [1.807, 2.05) is 0 Å². The summed E-state index contributed by atoms with van der Waals surface area (Å²) >= 11 is 0. The average molecular weight is 211 g/mol. The number of amides is 1. The number of aliphatic hydroxyl groups excluding tert-OH is 1. The van der Waals surface area contributed by atoms with Gasteiger partial charge in [-0.2, -0.15) is 0 Å². The highest BCUT2D eigenvalue weighted by atomic mass is 19.1. The minimum absolute atomic E-state index is 0.106. The second-order valence-corrected chi connectivity index (χ2v) is 3.40. The topological polar surface area (TPSA) is 49.3 Å². The standard InChI is InChI=1S/C11H14FNO2/c1-7-5-9(6-8(2)10(7)12)11(15)13-3-4-14/h5-6,14H,3-4H2,1-2H3,(H,13,15). The molecule has 2 N–H and O–H groups in total. The Hall–Kier alpha value is -1.42. The van der Waals surface area contributed by atoms with Gasteiger partial charge in [0.1, 0.15) is 5.82 Å². The summed E-state index contributed by atoms with van der Waals surface area (Å²) in [4.78, 5) is 11.5. The van der Waals surface area contributed by atoms with Crippen LogP contribution in [0.5, 0.6) is 0 Å². The number of aryl methyl sites for hydroxylation is 2. The summed E-state index contributed by atoms with van der Waals surface area (Å²) in [5.74, 6) is -0.580. The Labute approximate surface area is 87.9 Å². The number of carbonyl (C=O) groups excluding carboxylic acids is 1. The second-order valence-electron chi connectivity index (χ2n) is 3.40. The van der Waals surface area contributed by atoms with Crippen molar-refractivity contribution in [2.45, 2.75) is 13.8 Å². The van der Waals surface area contributed by atoms with E-state index in [2.05, 4.69) is 5.32 Å². The van der Waals surface area contributed by atoms with Crippen molar-refractivity contribution in [2.75, 3.05) is 13.2 Å². The Balaban J connectivity index is 2.91. The fraction of sp³-hybridized carbons (Fsp3) is 0.364. The summed E-state index contributed by atoms with van der Waals surface area (Å²) in [6.45, 7) is 3.33. The van der Waals surface area contributed by atoms with Crippen LogP contribution in [0.1, 0.15) is 21.5 Å². The maximum Gasteiger partial charge on any atom is 0.251 e. The van der Waals surface area contributed by atoms with E-state index in [1.165, 1.54) is 12.1 Å². The molecule has 1 aromatic carbocycles. The first-order valence-electron chi connectivity index (χ1n) is 4.72. The zero-order chi connectivity index (χ0) is 11.4. The predicted octanol–water partition coefficient (Wildman–Crippen LogP) is 1.16. The van der Waals surface area contributed by atoms with Gasteiger partial charge in [0.15, 0.2) is 0 Å². The lowest BCUT2D eigenvalue weighted by molar-refractivity contribution is 0.0944. The Morgan fingerprint density at radius 3 is 2.40 bits per heavy atom. The summed E-state index contributed by atoms with van der Waals surface area (Å²) in [5.41, 5.74) is 1.31. The molecule has 1 amide bonds. The van der Waals surface area contributed by atoms with Gasteiger partial charge in [-0.1, -0.05) is 0 Å². The molecule has 0 saturated heterocycles. The van der Waals surface area contributed by atoms with E-state index in [0.717, 1.165) is 0 Å². The summed E-state index contributed by atoms with van der Waals surface area (Å²) in [6, 6.07) is 2.99. The smallest absolute Gasteiger partial charge is 0.251 e. The number of carbonyl (C=O) groups is 1. The number of halogens is 1. The molecule has 0 radical (unpaired) electrons. The van der Waals surface area contributed by atoms with Crippen molar-refractivity contribution in [3.8, 4) is 0 Å². The van der Waals surface area contributed by atoms with Gasteiger partial charge in [0.25, 0.3) is 5.91 Å². The van der Waals surface area contributed by atoms with Crippen LogP contribution in [0, 0.1) is 19.7 Å². The fourth-order valence-corrected chi connectivity index (χ4v) is 1.35. The van der Waals surface area contributed by atoms with Crippen LogP contribution < -0.4 is 5.32 Å². The number of nitrogens with one attached hydrogen (secondary N) is 1. The van der Waals surface area contributed by atoms with Gasteiger partial charge in [0.2, 0.25) is 0 Å². The van der Waals surface area contributed by atoms with Gasteiger partial charge in [0, 0.05) is 12.1 Å². The molecule has 1 aromatic rings. The third-order valence-electron chi connectivity index (χ3n) is 2.10. The van der Waals surface area contributed by atoms with E-state index < -0.39 is 0 Å². The van der Waals surface area contributed by atoms with Gasteiger partial charge in [-0.15, -0.1) is 0 Å². The molecule has 0 atom stereocenters.